The number of ether oxygens (including phenoxy) is 5. The second kappa shape index (κ2) is 39.0. The van der Waals surface area contributed by atoms with Crippen LogP contribution >= 0.6 is 0 Å². The zero-order valence-corrected chi connectivity index (χ0v) is 91.6. The number of carboxylic acids is 2. The molecule has 25 nitrogen and oxygen atoms in total. The Morgan fingerprint density at radius 1 is 0.458 bits per heavy atom. The van der Waals surface area contributed by atoms with Crippen molar-refractivity contribution in [3.63, 3.8) is 0 Å². The zero-order chi connectivity index (χ0) is 105. The summed E-state index contributed by atoms with van der Waals surface area (Å²) in [5.74, 6) is 6.72. The van der Waals surface area contributed by atoms with Crippen molar-refractivity contribution in [3.8, 4) is 0 Å². The maximum absolute atomic E-state index is 12.2. The summed E-state index contributed by atoms with van der Waals surface area (Å²) in [6, 6.07) is 0. The number of carbonyl (C=O) groups is 2. The van der Waals surface area contributed by atoms with E-state index in [1.54, 1.807) is 13.8 Å². The highest BCUT2D eigenvalue weighted by molar-refractivity contribution is 5.67. The van der Waals surface area contributed by atoms with Crippen LogP contribution in [0.4, 0.5) is 0 Å². The van der Waals surface area contributed by atoms with Gasteiger partial charge in [-0.25, -0.2) is 0 Å². The van der Waals surface area contributed by atoms with E-state index in [0.29, 0.717) is 131 Å². The van der Waals surface area contributed by atoms with Gasteiger partial charge in [-0.15, -0.1) is 0 Å². The summed E-state index contributed by atoms with van der Waals surface area (Å²) in [6.07, 6.45) is 19.9. The smallest absolute Gasteiger partial charge is 0.303 e. The van der Waals surface area contributed by atoms with Gasteiger partial charge in [-0.1, -0.05) is 116 Å². The van der Waals surface area contributed by atoms with Gasteiger partial charge in [0.2, 0.25) is 0 Å². The van der Waals surface area contributed by atoms with Crippen LogP contribution in [0, 0.1) is 194 Å². The Morgan fingerprint density at radius 3 is 1.73 bits per heavy atom. The minimum Gasteiger partial charge on any atom is -0.481 e. The fourth-order valence-electron chi connectivity index (χ4n) is 43.9. The largest absolute Gasteiger partial charge is 0.481 e. The molecule has 0 aromatic heterocycles. The summed E-state index contributed by atoms with van der Waals surface area (Å²) in [5.41, 5.74) is -0.218. The van der Waals surface area contributed by atoms with Gasteiger partial charge in [0.15, 0.2) is 12.6 Å². The molecule has 3 saturated heterocycles. The van der Waals surface area contributed by atoms with E-state index in [9.17, 15) is 91.3 Å². The third kappa shape index (κ3) is 17.2. The number of aliphatic carboxylic acids is 2. The predicted molar refractivity (Wildman–Crippen MR) is 544 cm³/mol. The molecule has 3 aliphatic heterocycles. The van der Waals surface area contributed by atoms with Gasteiger partial charge >= 0.3 is 11.9 Å². The molecule has 144 heavy (non-hydrogen) atoms. The van der Waals surface area contributed by atoms with Crippen LogP contribution in [0.25, 0.3) is 0 Å². The molecule has 18 aliphatic carbocycles. The fourth-order valence-corrected chi connectivity index (χ4v) is 43.9. The van der Waals surface area contributed by atoms with E-state index >= 15 is 0 Å². The first kappa shape index (κ1) is 112. The maximum Gasteiger partial charge on any atom is 0.303 e. The molecule has 2 spiro atoms. The first-order chi connectivity index (χ1) is 67.1. The van der Waals surface area contributed by atoms with E-state index in [1.165, 1.54) is 89.0 Å². The van der Waals surface area contributed by atoms with Gasteiger partial charge in [0.1, 0.15) is 42.7 Å². The highest BCUT2D eigenvalue weighted by Gasteiger charge is 2.86. The van der Waals surface area contributed by atoms with Crippen LogP contribution in [0.3, 0.4) is 0 Å². The Morgan fingerprint density at radius 2 is 1.08 bits per heavy atom. The lowest BCUT2D eigenvalue weighted by Gasteiger charge is -2.73. The predicted octanol–water partition coefficient (Wildman–Crippen LogP) is 15.6. The molecule has 21 fully saturated rings. The average Bonchev–Trinajstić information content (AvgIpc) is 1.45. The number of hydrogen-bond acceptors (Lipinski definition) is 23. The highest BCUT2D eigenvalue weighted by atomic mass is 16.7. The van der Waals surface area contributed by atoms with Crippen molar-refractivity contribution in [3.05, 3.63) is 12.2 Å². The Balaban J connectivity index is 0.000000132. The topological polar surface area (TPSA) is 444 Å². The Bertz CT molecular complexity index is 4560. The number of aliphatic hydroxyl groups is 16. The summed E-state index contributed by atoms with van der Waals surface area (Å²) < 4.78 is 31.9. The Hall–Kier alpha value is -2.16. The van der Waals surface area contributed by atoms with Gasteiger partial charge in [-0.2, -0.15) is 0 Å². The quantitative estimate of drug-likeness (QED) is 0.0475. The number of hydrogen-bond donors (Lipinski definition) is 18. The molecule has 52 atom stereocenters. The Labute approximate surface area is 861 Å². The molecule has 3 heterocycles. The van der Waals surface area contributed by atoms with Gasteiger partial charge in [0.05, 0.1) is 85.5 Å². The highest BCUT2D eigenvalue weighted by Crippen LogP contribution is 2.90. The number of allylic oxidation sites excluding steroid dienone is 1. The first-order valence-corrected chi connectivity index (χ1v) is 58.3. The van der Waals surface area contributed by atoms with Gasteiger partial charge in [0, 0.05) is 25.4 Å². The number of fused-ring (bicyclic) bond motifs is 19. The molecule has 824 valence electrons. The molecule has 25 heteroatoms. The average molecular weight is 2030 g/mol. The molecular formula is C119H198O25. The van der Waals surface area contributed by atoms with Crippen molar-refractivity contribution >= 4 is 11.9 Å². The molecule has 0 amide bonds. The molecule has 21 rings (SSSR count). The van der Waals surface area contributed by atoms with Crippen LogP contribution in [-0.2, 0) is 33.3 Å². The monoisotopic (exact) mass is 2030 g/mol. The van der Waals surface area contributed by atoms with Crippen molar-refractivity contribution in [2.75, 3.05) is 19.8 Å². The standard InChI is InChI=1S/C41H68O14.C30H50O2.C24H40O5.C24H40O4/c1-35(2)24(54-33-29(48)26(45)20(44)17-51-33)9-11-41-18-40(41)13-12-37(5)31(39(7)10-8-25(55-39)36(3,4)50)19(43)15-38(37,6)23(40)14-21(32(35)41)52-34-30(49)28(47)27(46)22(16-42)53-34;1-19(2)20-10-15-30(18-31)17-16-28(6)21(25(20)30)8-9-23-27(5)13-12-24(32)26(3,4)22(27)11-14-29(23,28)7;1-13(4-7-21(28)29)16-5-6-17-22-18(12-20(27)24(16,17)3)23(2)9-8-15(25)10-14(23)11-19(22)26;1-14(4-7-22(27)28)17-5-6-18-16-13-21(26)20-12-15(25)8-10-24(20,3)19(16)9-11-23(17,18)2/h19-34,42-50H,8-18H2,1-7H3;20-25,31-32H,1,8-18H2,2-7H3;13-20,22,25-27H,4-12H2,1-3H3,(H,28,29);14-21,25-26H,4-13H2,1-3H3,(H,27,28)/t19-,20+,21-,22+,23-,24-,25-,26-,27+,28-,29+,30+,31-,32-,33-,34+,37+,38-,39+,40-,41+;20-,21+,22-,23+,24-,25+,27-,28+,29+,30+;13-,14+,15-,16-,17+,18+,19-,20+,22+,23+,24-;14-,15-,16+,17-,18+,19+,20+,21+,23-,24-/m0011/s1. The number of carboxylic acid groups (broad SMARTS) is 2. The molecule has 0 aromatic carbocycles. The normalized spacial score (nSPS) is 55.7. The van der Waals surface area contributed by atoms with Crippen LogP contribution in [0.15, 0.2) is 12.2 Å². The molecule has 18 N–H and O–H groups in total. The van der Waals surface area contributed by atoms with Crippen LogP contribution in [0.2, 0.25) is 0 Å². The third-order valence-corrected chi connectivity index (χ3v) is 51.7. The second-order valence-corrected chi connectivity index (χ2v) is 58.4. The van der Waals surface area contributed by atoms with E-state index in [4.69, 9.17) is 33.9 Å². The van der Waals surface area contributed by atoms with E-state index in [0.717, 1.165) is 127 Å². The van der Waals surface area contributed by atoms with Crippen molar-refractivity contribution in [2.45, 2.75) is 503 Å². The second-order valence-electron chi connectivity index (χ2n) is 58.4. The lowest BCUT2D eigenvalue weighted by molar-refractivity contribution is -0.339. The lowest BCUT2D eigenvalue weighted by atomic mass is 9.32. The van der Waals surface area contributed by atoms with Crippen LogP contribution < -0.4 is 0 Å². The minimum absolute atomic E-state index is 0.0290. The molecule has 21 aliphatic rings. The van der Waals surface area contributed by atoms with Crippen LogP contribution in [0.1, 0.15) is 376 Å². The summed E-state index contributed by atoms with van der Waals surface area (Å²) in [5, 5.41) is 191. The zero-order valence-electron chi connectivity index (χ0n) is 91.6. The summed E-state index contributed by atoms with van der Waals surface area (Å²) in [7, 11) is 0. The molecule has 0 unspecified atom stereocenters. The Kier molecular flexibility index (Phi) is 30.2. The van der Waals surface area contributed by atoms with Crippen LogP contribution in [0.5, 0.6) is 0 Å². The van der Waals surface area contributed by atoms with E-state index < -0.39 is 115 Å². The van der Waals surface area contributed by atoms with E-state index in [2.05, 4.69) is 124 Å². The molecular weight excluding hydrogens is 1830 g/mol. The van der Waals surface area contributed by atoms with Crippen molar-refractivity contribution in [1.82, 2.24) is 0 Å². The van der Waals surface area contributed by atoms with E-state index in [-0.39, 0.29) is 140 Å². The number of rotatable bonds is 17. The summed E-state index contributed by atoms with van der Waals surface area (Å²) >= 11 is 0. The fraction of sp³-hybridized carbons (Fsp3) is 0.966. The molecule has 0 radical (unpaired) electrons. The minimum atomic E-state index is -1.60. The van der Waals surface area contributed by atoms with Crippen LogP contribution in [-0.4, -0.2) is 251 Å². The van der Waals surface area contributed by atoms with Crippen molar-refractivity contribution in [1.29, 1.82) is 0 Å². The maximum atomic E-state index is 12.2. The molecule has 18 saturated carbocycles. The first-order valence-electron chi connectivity index (χ1n) is 58.3. The van der Waals surface area contributed by atoms with Crippen molar-refractivity contribution in [2.24, 2.45) is 194 Å². The third-order valence-electron chi connectivity index (χ3n) is 51.7. The van der Waals surface area contributed by atoms with E-state index in [1.807, 2.05) is 0 Å². The molecule has 0 bridgehead atoms. The summed E-state index contributed by atoms with van der Waals surface area (Å²) in [4.78, 5) is 22.1. The van der Waals surface area contributed by atoms with Crippen molar-refractivity contribution < 1.29 is 125 Å². The number of aliphatic hydroxyl groups excluding tert-OH is 15. The van der Waals surface area contributed by atoms with Gasteiger partial charge < -0.3 is 116 Å². The lowest BCUT2D eigenvalue weighted by Crippen LogP contribution is -2.66. The molecule has 0 aromatic rings. The van der Waals surface area contributed by atoms with Gasteiger partial charge in [-0.3, -0.25) is 9.59 Å². The SMILES string of the molecule is C=C(C)[C@@H]1CC[C@]2(CO)CC[C@]3(C)[C@H](CC[C@@H]4[C@@]5(C)CC[C@H](O)C(C)(C)[C@@H]5CC[C@]43C)[C@@H]12.CC(C)(O)[C@@H]1CC[C@](C)([C@H]2[C@@H](O)C[C@@]3(C)[C@@H]4C[C@H](O[C@@H]5O[C@H](CO)[C@@H](O)[C@H](O)[C@H]5O)[C@H]5C(C)(C)[C@@H](O[C@@H]6OC[C@@H](O)[C@H](O)[C@H]6O)CC[C@@]56C[C@@]46CC[C@]23C)O1.C[C@H](CCC(=O)O)[C@H]1CC[C@H]2[C@@H]3C[C@H](O)[C@@H]4C[C@H](O)CC[C@]4(C)[C@H]3CC[C@]12C.C[C@H](CCC(=O)O)[C@H]1CC[C@H]2[C@@H]3[C@H](O)C[C@@H]4C[C@H](O)CC[C@]4(C)[C@H]3C[C@H](O)[C@]12C. The van der Waals surface area contributed by atoms with Gasteiger partial charge in [0.25, 0.3) is 0 Å². The summed E-state index contributed by atoms with van der Waals surface area (Å²) in [6.45, 7) is 47.5. The van der Waals surface area contributed by atoms with Gasteiger partial charge in [-0.05, 0) is 447 Å².